The van der Waals surface area contributed by atoms with Crippen LogP contribution in [-0.4, -0.2) is 114 Å². The van der Waals surface area contributed by atoms with Crippen molar-refractivity contribution < 1.29 is 37.3 Å². The van der Waals surface area contributed by atoms with Gasteiger partial charge in [-0.1, -0.05) is 0 Å². The van der Waals surface area contributed by atoms with Crippen molar-refractivity contribution in [3.05, 3.63) is 36.1 Å². The Morgan fingerprint density at radius 2 is 1.93 bits per heavy atom. The Hall–Kier alpha value is -4.25. The van der Waals surface area contributed by atoms with Crippen molar-refractivity contribution in [3.63, 3.8) is 0 Å². The number of carbonyl (C=O) groups is 2. The molecule has 1 aromatic carbocycles. The van der Waals surface area contributed by atoms with Gasteiger partial charge >= 0.3 is 12.1 Å². The molecule has 230 valence electrons. The van der Waals surface area contributed by atoms with E-state index >= 15 is 8.78 Å². The van der Waals surface area contributed by atoms with E-state index in [1.807, 2.05) is 0 Å². The monoisotopic (exact) mass is 612 g/mol. The van der Waals surface area contributed by atoms with Crippen LogP contribution in [0, 0.1) is 11.6 Å². The molecule has 3 amide bonds. The molecule has 0 radical (unpaired) electrons. The minimum absolute atomic E-state index is 0.00451. The number of anilines is 2. The molecule has 1 aromatic rings. The van der Waals surface area contributed by atoms with Gasteiger partial charge in [-0.25, -0.2) is 23.8 Å². The van der Waals surface area contributed by atoms with Gasteiger partial charge in [0.15, 0.2) is 11.6 Å². The largest absolute Gasteiger partial charge is 0.504 e. The molecule has 14 nitrogen and oxygen atoms in total. The van der Waals surface area contributed by atoms with Crippen molar-refractivity contribution in [1.82, 2.24) is 21.1 Å². The predicted octanol–water partition coefficient (Wildman–Crippen LogP) is 1.38. The molecule has 2 aliphatic heterocycles. The van der Waals surface area contributed by atoms with Crippen molar-refractivity contribution >= 4 is 52.6 Å². The highest BCUT2D eigenvalue weighted by molar-refractivity contribution is 7.80. The molecule has 0 aliphatic carbocycles. The van der Waals surface area contributed by atoms with Crippen LogP contribution < -0.4 is 25.9 Å². The second-order valence-corrected chi connectivity index (χ2v) is 9.16. The molecule has 1 atom stereocenters. The number of hydrogen-bond acceptors (Lipinski definition) is 10. The number of ether oxygens (including phenoxy) is 4. The van der Waals surface area contributed by atoms with E-state index in [-0.39, 0.29) is 68.3 Å². The molecule has 0 saturated carbocycles. The Morgan fingerprint density at radius 1 is 1.19 bits per heavy atom. The van der Waals surface area contributed by atoms with E-state index in [2.05, 4.69) is 26.0 Å². The van der Waals surface area contributed by atoms with Crippen LogP contribution in [0.2, 0.25) is 0 Å². The lowest BCUT2D eigenvalue weighted by Crippen LogP contribution is -2.49. The normalized spacial score (nSPS) is 18.1. The van der Waals surface area contributed by atoms with Gasteiger partial charge in [-0.05, 0) is 12.2 Å². The number of halogens is 2. The van der Waals surface area contributed by atoms with E-state index in [4.69, 9.17) is 31.2 Å². The summed E-state index contributed by atoms with van der Waals surface area (Å²) in [5.41, 5.74) is 2.71. The number of amides is 3. The van der Waals surface area contributed by atoms with Crippen molar-refractivity contribution in [2.24, 2.45) is 9.98 Å². The summed E-state index contributed by atoms with van der Waals surface area (Å²) in [7, 11) is 5.84. The molecule has 2 fully saturated rings. The fourth-order valence-electron chi connectivity index (χ4n) is 4.07. The van der Waals surface area contributed by atoms with Gasteiger partial charge in [-0.2, -0.15) is 4.99 Å². The van der Waals surface area contributed by atoms with Gasteiger partial charge in [0.2, 0.25) is 5.90 Å². The Balaban J connectivity index is 1.60. The number of benzene rings is 1. The van der Waals surface area contributed by atoms with E-state index in [0.29, 0.717) is 5.84 Å². The number of rotatable bonds is 8. The molecule has 2 aliphatic rings. The lowest BCUT2D eigenvalue weighted by atomic mass is 10.2. The number of nitrogens with one attached hydrogen (secondary N) is 3. The fourth-order valence-corrected chi connectivity index (χ4v) is 4.15. The van der Waals surface area contributed by atoms with Crippen LogP contribution in [0.25, 0.3) is 0 Å². The number of cyclic esters (lactones) is 1. The maximum Gasteiger partial charge on any atom is 0.414 e. The Morgan fingerprint density at radius 3 is 2.57 bits per heavy atom. The fraction of sp³-hybridized carbons (Fsp3) is 0.480. The van der Waals surface area contributed by atoms with E-state index in [1.54, 1.807) is 0 Å². The van der Waals surface area contributed by atoms with Gasteiger partial charge in [0.05, 0.1) is 59.5 Å². The van der Waals surface area contributed by atoms with Crippen LogP contribution in [0.4, 0.5) is 29.7 Å². The average molecular weight is 613 g/mol. The lowest BCUT2D eigenvalue weighted by Gasteiger charge is -2.25. The number of hydrazine groups is 1. The Kier molecular flexibility index (Phi) is 12.0. The van der Waals surface area contributed by atoms with Gasteiger partial charge in [0.25, 0.3) is 5.17 Å². The number of thiocarbonyl (C=S) groups is 1. The summed E-state index contributed by atoms with van der Waals surface area (Å²) < 4.78 is 50.6. The maximum absolute atomic E-state index is 15.3. The third-order valence-electron chi connectivity index (χ3n) is 6.14. The topological polar surface area (TPSA) is 142 Å². The molecule has 0 aromatic heterocycles. The number of hydrogen-bond donors (Lipinski definition) is 3. The zero-order valence-corrected chi connectivity index (χ0v) is 24.5. The predicted molar refractivity (Wildman–Crippen MR) is 156 cm³/mol. The van der Waals surface area contributed by atoms with E-state index in [9.17, 15) is 9.59 Å². The highest BCUT2D eigenvalue weighted by Crippen LogP contribution is 2.31. The summed E-state index contributed by atoms with van der Waals surface area (Å²) in [6, 6.07) is 1.69. The number of amidine groups is 1. The molecule has 42 heavy (non-hydrogen) atoms. The first-order valence-corrected chi connectivity index (χ1v) is 13.2. The van der Waals surface area contributed by atoms with E-state index in [0.717, 1.165) is 17.0 Å². The molecule has 3 rings (SSSR count). The van der Waals surface area contributed by atoms with Crippen LogP contribution in [0.15, 0.2) is 34.5 Å². The van der Waals surface area contributed by atoms with Gasteiger partial charge in [0, 0.05) is 44.9 Å². The molecule has 0 spiro atoms. The highest BCUT2D eigenvalue weighted by Gasteiger charge is 2.34. The molecular weight excluding hydrogens is 578 g/mol. The molecule has 0 bridgehead atoms. The van der Waals surface area contributed by atoms with Gasteiger partial charge in [-0.15, -0.1) is 0 Å². The third kappa shape index (κ3) is 8.62. The Bertz CT molecular complexity index is 1210. The van der Waals surface area contributed by atoms with Crippen LogP contribution in [0.3, 0.4) is 0 Å². The average Bonchev–Trinajstić information content (AvgIpc) is 3.18. The lowest BCUT2D eigenvalue weighted by molar-refractivity contribution is 0.142. The smallest absolute Gasteiger partial charge is 0.414 e. The van der Waals surface area contributed by atoms with Gasteiger partial charge in [0.1, 0.15) is 17.6 Å². The molecule has 2 saturated heterocycles. The number of urea groups is 1. The van der Waals surface area contributed by atoms with E-state index in [1.165, 1.54) is 50.6 Å². The van der Waals surface area contributed by atoms with Crippen LogP contribution >= 0.6 is 12.2 Å². The second kappa shape index (κ2) is 15.7. The van der Waals surface area contributed by atoms with Crippen LogP contribution in [0.1, 0.15) is 0 Å². The Labute approximate surface area is 247 Å². The first-order valence-electron chi connectivity index (χ1n) is 12.8. The molecule has 2 heterocycles. The van der Waals surface area contributed by atoms with Gasteiger partial charge < -0.3 is 34.5 Å². The molecule has 17 heteroatoms. The number of carbonyl (C=O) groups excluding carboxylic acids is 2. The summed E-state index contributed by atoms with van der Waals surface area (Å²) in [5.74, 6) is -1.17. The maximum atomic E-state index is 15.3. The summed E-state index contributed by atoms with van der Waals surface area (Å²) in [6.45, 7) is 0.950. The van der Waals surface area contributed by atoms with E-state index < -0.39 is 29.9 Å². The summed E-state index contributed by atoms with van der Waals surface area (Å²) in [5, 5.41) is 6.93. The minimum Gasteiger partial charge on any atom is -0.504 e. The second-order valence-electron chi connectivity index (χ2n) is 8.78. The summed E-state index contributed by atoms with van der Waals surface area (Å²) in [6.07, 6.45) is 1.56. The molecule has 3 N–H and O–H groups in total. The first-order chi connectivity index (χ1) is 20.2. The SMILES string of the molecule is CN=C(CNC(=O)N1CCN(c2c(F)cc(N3C[C@H](CNC(=S)OC)OC3=O)cc2F)CCN1)N=C(/C=C/OC)OC. The zero-order chi connectivity index (χ0) is 30.6. The summed E-state index contributed by atoms with van der Waals surface area (Å²) >= 11 is 4.90. The van der Waals surface area contributed by atoms with Gasteiger partial charge in [-0.3, -0.25) is 14.9 Å². The summed E-state index contributed by atoms with van der Waals surface area (Å²) in [4.78, 5) is 36.0. The van der Waals surface area contributed by atoms with Crippen LogP contribution in [-0.2, 0) is 18.9 Å². The minimum atomic E-state index is -0.851. The number of nitrogens with zero attached hydrogens (tertiary/aromatic N) is 5. The highest BCUT2D eigenvalue weighted by atomic mass is 32.1. The quantitative estimate of drug-likeness (QED) is 0.171. The molecule has 0 unspecified atom stereocenters. The van der Waals surface area contributed by atoms with Crippen molar-refractivity contribution in [2.75, 3.05) is 84.0 Å². The molecular formula is C25H34F2N8O6S. The third-order valence-corrected chi connectivity index (χ3v) is 6.45. The standard InChI is InChI=1S/C25H34F2N8O6S/c1-28-20(32-21(39-3)5-10-38-2)14-29-23(36)35-9-8-33(7-6-31-35)22-18(26)11-16(12-19(22)27)34-15-17(41-25(34)37)13-30-24(42)40-4/h5,10-12,17,31H,6-9,13-15H2,1-4H3,(H,29,36)(H,30,42)/b10-5+,28-20?,32-21?/t17-/m0/s1. The van der Waals surface area contributed by atoms with Crippen LogP contribution in [0.5, 0.6) is 0 Å². The van der Waals surface area contributed by atoms with Crippen molar-refractivity contribution in [1.29, 1.82) is 0 Å². The first kappa shape index (κ1) is 32.3. The van der Waals surface area contributed by atoms with Crippen molar-refractivity contribution in [3.8, 4) is 0 Å². The number of methoxy groups -OCH3 is 3. The van der Waals surface area contributed by atoms with Crippen molar-refractivity contribution in [2.45, 2.75) is 6.10 Å². The zero-order valence-electron chi connectivity index (χ0n) is 23.7. The number of aliphatic imine (C=N–C) groups is 2.